The van der Waals surface area contributed by atoms with Crippen molar-refractivity contribution in [3.63, 3.8) is 0 Å². The Bertz CT molecular complexity index is 1110. The van der Waals surface area contributed by atoms with Gasteiger partial charge in [0.25, 0.3) is 11.8 Å². The maximum atomic E-state index is 13.9. The molecule has 164 valence electrons. The van der Waals surface area contributed by atoms with Crippen molar-refractivity contribution in [1.82, 2.24) is 9.88 Å². The first-order valence-electron chi connectivity index (χ1n) is 10.2. The summed E-state index contributed by atoms with van der Waals surface area (Å²) >= 11 is 1.39. The van der Waals surface area contributed by atoms with Crippen molar-refractivity contribution in [2.24, 2.45) is 5.92 Å². The summed E-state index contributed by atoms with van der Waals surface area (Å²) in [7, 11) is 0. The molecule has 4 rings (SSSR count). The van der Waals surface area contributed by atoms with Gasteiger partial charge < -0.3 is 15.5 Å². The zero-order chi connectivity index (χ0) is 22.5. The fourth-order valence-corrected chi connectivity index (χ4v) is 4.24. The number of pyridine rings is 1. The number of carbonyl (C=O) groups excluding carboxylic acids is 3. The molecule has 0 bridgehead atoms. The molecule has 3 heterocycles. The van der Waals surface area contributed by atoms with Crippen LogP contribution in [0.2, 0.25) is 0 Å². The number of hydrogen-bond acceptors (Lipinski definition) is 5. The molecule has 1 saturated heterocycles. The van der Waals surface area contributed by atoms with Gasteiger partial charge in [0.05, 0.1) is 16.3 Å². The lowest BCUT2D eigenvalue weighted by Gasteiger charge is -2.31. The molecule has 0 radical (unpaired) electrons. The zero-order valence-electron chi connectivity index (χ0n) is 17.1. The number of rotatable bonds is 5. The molecule has 3 amide bonds. The van der Waals surface area contributed by atoms with Gasteiger partial charge in [-0.25, -0.2) is 4.39 Å². The molecule has 1 fully saturated rings. The summed E-state index contributed by atoms with van der Waals surface area (Å²) in [5.41, 5.74) is 0.661. The lowest BCUT2D eigenvalue weighted by Crippen LogP contribution is -2.41. The van der Waals surface area contributed by atoms with Gasteiger partial charge in [0, 0.05) is 25.2 Å². The minimum absolute atomic E-state index is 0.0245. The average Bonchev–Trinajstić information content (AvgIpc) is 3.36. The van der Waals surface area contributed by atoms with Gasteiger partial charge >= 0.3 is 0 Å². The summed E-state index contributed by atoms with van der Waals surface area (Å²) in [5.74, 6) is -1.61. The van der Waals surface area contributed by atoms with Gasteiger partial charge in [0.2, 0.25) is 5.91 Å². The van der Waals surface area contributed by atoms with Crippen molar-refractivity contribution >= 4 is 40.4 Å². The Kier molecular flexibility index (Phi) is 6.55. The second-order valence-electron chi connectivity index (χ2n) is 7.39. The smallest absolute Gasteiger partial charge is 0.274 e. The molecule has 0 aliphatic carbocycles. The number of hydrogen-bond donors (Lipinski definition) is 2. The van der Waals surface area contributed by atoms with Crippen LogP contribution < -0.4 is 10.6 Å². The normalized spacial score (nSPS) is 14.1. The van der Waals surface area contributed by atoms with Gasteiger partial charge in [-0.2, -0.15) is 0 Å². The Morgan fingerprint density at radius 2 is 1.81 bits per heavy atom. The van der Waals surface area contributed by atoms with Crippen LogP contribution in [0, 0.1) is 11.7 Å². The monoisotopic (exact) mass is 452 g/mol. The lowest BCUT2D eigenvalue weighted by molar-refractivity contribution is -0.121. The quantitative estimate of drug-likeness (QED) is 0.612. The fraction of sp³-hybridized carbons (Fsp3) is 0.217. The van der Waals surface area contributed by atoms with E-state index in [1.165, 1.54) is 35.7 Å². The van der Waals surface area contributed by atoms with E-state index in [0.717, 1.165) is 0 Å². The van der Waals surface area contributed by atoms with E-state index in [9.17, 15) is 18.8 Å². The number of thiophene rings is 1. The minimum Gasteiger partial charge on any atom is -0.338 e. The lowest BCUT2D eigenvalue weighted by atomic mass is 9.95. The third-order valence-electron chi connectivity index (χ3n) is 5.27. The number of benzene rings is 1. The van der Waals surface area contributed by atoms with E-state index in [-0.39, 0.29) is 34.8 Å². The van der Waals surface area contributed by atoms with Crippen LogP contribution in [-0.4, -0.2) is 40.7 Å². The molecular weight excluding hydrogens is 431 g/mol. The van der Waals surface area contributed by atoms with Crippen LogP contribution in [0.15, 0.2) is 60.1 Å². The second-order valence-corrected chi connectivity index (χ2v) is 8.34. The standard InChI is InChI=1S/C23H21FN4O3S/c24-16-6-7-17(26-22(30)18-4-1-2-10-25-18)19(14-16)27-21(29)15-8-11-28(12-9-15)23(31)20-5-3-13-32-20/h1-7,10,13-15H,8-9,11-12H2,(H,26,30)(H,27,29). The number of anilines is 2. The van der Waals surface area contributed by atoms with E-state index in [2.05, 4.69) is 15.6 Å². The number of aromatic nitrogens is 1. The Labute approximate surface area is 188 Å². The second kappa shape index (κ2) is 9.69. The molecular formula is C23H21FN4O3S. The van der Waals surface area contributed by atoms with Gasteiger partial charge in [-0.05, 0) is 54.6 Å². The molecule has 2 aromatic heterocycles. The molecule has 9 heteroatoms. The van der Waals surface area contributed by atoms with Gasteiger partial charge in [-0.15, -0.1) is 11.3 Å². The molecule has 32 heavy (non-hydrogen) atoms. The largest absolute Gasteiger partial charge is 0.338 e. The van der Waals surface area contributed by atoms with E-state index in [1.807, 2.05) is 11.4 Å². The first-order valence-corrected chi connectivity index (χ1v) is 11.0. The highest BCUT2D eigenvalue weighted by Crippen LogP contribution is 2.27. The summed E-state index contributed by atoms with van der Waals surface area (Å²) in [6.07, 6.45) is 2.51. The summed E-state index contributed by atoms with van der Waals surface area (Å²) in [4.78, 5) is 44.1. The van der Waals surface area contributed by atoms with Crippen molar-refractivity contribution in [1.29, 1.82) is 0 Å². The summed E-state index contributed by atoms with van der Waals surface area (Å²) in [6.45, 7) is 0.947. The fourth-order valence-electron chi connectivity index (χ4n) is 3.55. The van der Waals surface area contributed by atoms with Crippen molar-refractivity contribution in [3.05, 3.63) is 76.5 Å². The zero-order valence-corrected chi connectivity index (χ0v) is 17.9. The van der Waals surface area contributed by atoms with Crippen LogP contribution in [0.25, 0.3) is 0 Å². The SMILES string of the molecule is O=C(Nc1ccc(F)cc1NC(=O)C1CCN(C(=O)c2cccs2)CC1)c1ccccn1. The predicted octanol–water partition coefficient (Wildman–Crippen LogP) is 4.03. The Balaban J connectivity index is 1.39. The molecule has 2 N–H and O–H groups in total. The number of amides is 3. The first-order chi connectivity index (χ1) is 15.5. The van der Waals surface area contributed by atoms with Crippen molar-refractivity contribution in [3.8, 4) is 0 Å². The molecule has 1 aliphatic rings. The topological polar surface area (TPSA) is 91.4 Å². The molecule has 0 unspecified atom stereocenters. The van der Waals surface area contributed by atoms with Gasteiger partial charge in [0.1, 0.15) is 11.5 Å². The molecule has 0 saturated carbocycles. The predicted molar refractivity (Wildman–Crippen MR) is 120 cm³/mol. The number of piperidine rings is 1. The van der Waals surface area contributed by atoms with E-state index in [1.54, 1.807) is 29.2 Å². The van der Waals surface area contributed by atoms with E-state index >= 15 is 0 Å². The van der Waals surface area contributed by atoms with Crippen LogP contribution in [0.1, 0.15) is 33.0 Å². The number of nitrogens with one attached hydrogen (secondary N) is 2. The molecule has 1 aliphatic heterocycles. The molecule has 0 spiro atoms. The molecule has 3 aromatic rings. The van der Waals surface area contributed by atoms with Crippen LogP contribution in [0.4, 0.5) is 15.8 Å². The number of nitrogens with zero attached hydrogens (tertiary/aromatic N) is 2. The maximum absolute atomic E-state index is 13.9. The van der Waals surface area contributed by atoms with Crippen molar-refractivity contribution in [2.75, 3.05) is 23.7 Å². The highest BCUT2D eigenvalue weighted by atomic mass is 32.1. The molecule has 0 atom stereocenters. The Morgan fingerprint density at radius 1 is 1.00 bits per heavy atom. The van der Waals surface area contributed by atoms with Gasteiger partial charge in [-0.3, -0.25) is 19.4 Å². The van der Waals surface area contributed by atoms with E-state index in [4.69, 9.17) is 0 Å². The third-order valence-corrected chi connectivity index (χ3v) is 6.13. The van der Waals surface area contributed by atoms with Crippen LogP contribution in [0.3, 0.4) is 0 Å². The summed E-state index contributed by atoms with van der Waals surface area (Å²) in [6, 6.07) is 12.3. The number of likely N-dealkylation sites (tertiary alicyclic amines) is 1. The van der Waals surface area contributed by atoms with Gasteiger partial charge in [-0.1, -0.05) is 12.1 Å². The highest BCUT2D eigenvalue weighted by molar-refractivity contribution is 7.12. The Morgan fingerprint density at radius 3 is 2.50 bits per heavy atom. The average molecular weight is 453 g/mol. The highest BCUT2D eigenvalue weighted by Gasteiger charge is 2.28. The third kappa shape index (κ3) is 5.00. The van der Waals surface area contributed by atoms with E-state index < -0.39 is 11.7 Å². The number of carbonyl (C=O) groups is 3. The van der Waals surface area contributed by atoms with Crippen LogP contribution in [-0.2, 0) is 4.79 Å². The van der Waals surface area contributed by atoms with Crippen molar-refractivity contribution < 1.29 is 18.8 Å². The van der Waals surface area contributed by atoms with Gasteiger partial charge in [0.15, 0.2) is 0 Å². The number of halogens is 1. The minimum atomic E-state index is -0.535. The van der Waals surface area contributed by atoms with Crippen LogP contribution >= 0.6 is 11.3 Å². The summed E-state index contributed by atoms with van der Waals surface area (Å²) in [5, 5.41) is 7.26. The Hall–Kier alpha value is -3.59. The maximum Gasteiger partial charge on any atom is 0.274 e. The molecule has 1 aromatic carbocycles. The van der Waals surface area contributed by atoms with Crippen LogP contribution in [0.5, 0.6) is 0 Å². The first kappa shape index (κ1) is 21.6. The molecule has 7 nitrogen and oxygen atoms in total. The summed E-state index contributed by atoms with van der Waals surface area (Å²) < 4.78 is 13.9. The van der Waals surface area contributed by atoms with E-state index in [0.29, 0.717) is 30.8 Å². The van der Waals surface area contributed by atoms with Crippen molar-refractivity contribution in [2.45, 2.75) is 12.8 Å².